The van der Waals surface area contributed by atoms with Crippen LogP contribution < -0.4 is 0 Å². The standard InChI is InChI=1S/C25H26N6.Pt/c1-23(2)17-9-7-11-19(13-17)30-15-26-21(28-30)24(3,4)25(5,6)22-27-16-31(29-22)20-12-8-10-18(23)14-20;/h7-12,15-16H,1-6H3;/q-2;+2. The van der Waals surface area contributed by atoms with Gasteiger partial charge in [0.25, 0.3) is 0 Å². The monoisotopic (exact) mass is 605 g/mol. The van der Waals surface area contributed by atoms with Gasteiger partial charge in [-0.1, -0.05) is 41.5 Å². The van der Waals surface area contributed by atoms with Crippen molar-refractivity contribution in [1.82, 2.24) is 29.5 Å². The van der Waals surface area contributed by atoms with E-state index in [0.29, 0.717) is 0 Å². The summed E-state index contributed by atoms with van der Waals surface area (Å²) >= 11 is 0. The zero-order valence-corrected chi connectivity index (χ0v) is 21.4. The van der Waals surface area contributed by atoms with Crippen molar-refractivity contribution < 1.29 is 21.1 Å². The SMILES string of the molecule is CC1(C)c2[c-]c(ccc2)-n2cnc(n2)C(C)(C)C(C)(C)c2ncn(n2)-c2[c-]c1ccc2.[Pt+2]. The smallest absolute Gasteiger partial charge is 0.245 e. The molecule has 0 spiro atoms. The van der Waals surface area contributed by atoms with Crippen LogP contribution in [0.3, 0.4) is 0 Å². The maximum atomic E-state index is 4.85. The molecule has 0 N–H and O–H groups in total. The van der Waals surface area contributed by atoms with Crippen LogP contribution in [0.1, 0.15) is 64.3 Å². The molecule has 0 radical (unpaired) electrons. The van der Waals surface area contributed by atoms with E-state index in [1.165, 1.54) is 0 Å². The van der Waals surface area contributed by atoms with Gasteiger partial charge in [0.2, 0.25) is 0 Å². The maximum Gasteiger partial charge on any atom is 2.00 e. The van der Waals surface area contributed by atoms with Gasteiger partial charge in [-0.2, -0.15) is 57.7 Å². The number of nitrogens with zero attached hydrogens (tertiary/aromatic N) is 6. The van der Waals surface area contributed by atoms with Crippen LogP contribution in [0.2, 0.25) is 0 Å². The molecule has 6 nitrogen and oxygen atoms in total. The van der Waals surface area contributed by atoms with Gasteiger partial charge < -0.3 is 0 Å². The van der Waals surface area contributed by atoms with Crippen LogP contribution in [0.25, 0.3) is 11.4 Å². The number of hydrogen-bond acceptors (Lipinski definition) is 4. The van der Waals surface area contributed by atoms with Crippen molar-refractivity contribution in [3.63, 3.8) is 0 Å². The van der Waals surface area contributed by atoms with Crippen molar-refractivity contribution in [3.8, 4) is 11.4 Å². The molecule has 32 heavy (non-hydrogen) atoms. The van der Waals surface area contributed by atoms with Crippen LogP contribution in [-0.4, -0.2) is 29.5 Å². The molecular formula is C25H26N6Pt. The summed E-state index contributed by atoms with van der Waals surface area (Å²) in [6.07, 6.45) is 3.53. The maximum absolute atomic E-state index is 4.85. The third-order valence-electron chi connectivity index (χ3n) is 7.06. The summed E-state index contributed by atoms with van der Waals surface area (Å²) in [6.45, 7) is 12.9. The van der Waals surface area contributed by atoms with Gasteiger partial charge in [0.15, 0.2) is 11.6 Å². The van der Waals surface area contributed by atoms with Crippen molar-refractivity contribution in [2.75, 3.05) is 0 Å². The van der Waals surface area contributed by atoms with E-state index >= 15 is 0 Å². The summed E-state index contributed by atoms with van der Waals surface area (Å²) in [5, 5.41) is 9.69. The average molecular weight is 606 g/mol. The summed E-state index contributed by atoms with van der Waals surface area (Å²) in [7, 11) is 0. The fourth-order valence-electron chi connectivity index (χ4n) is 3.95. The minimum absolute atomic E-state index is 0. The zero-order valence-electron chi connectivity index (χ0n) is 19.1. The second kappa shape index (κ2) is 7.48. The van der Waals surface area contributed by atoms with Crippen LogP contribution >= 0.6 is 0 Å². The van der Waals surface area contributed by atoms with Gasteiger partial charge in [0.05, 0.1) is 0 Å². The molecule has 5 rings (SSSR count). The van der Waals surface area contributed by atoms with E-state index in [1.807, 2.05) is 24.3 Å². The quantitative estimate of drug-likeness (QED) is 0.280. The number of hydrogen-bond donors (Lipinski definition) is 0. The van der Waals surface area contributed by atoms with E-state index in [-0.39, 0.29) is 26.5 Å². The molecule has 0 atom stereocenters. The Bertz CT molecular complexity index is 1180. The third-order valence-corrected chi connectivity index (χ3v) is 7.06. The molecule has 166 valence electrons. The van der Waals surface area contributed by atoms with Gasteiger partial charge in [0, 0.05) is 10.8 Å². The third kappa shape index (κ3) is 3.27. The van der Waals surface area contributed by atoms with E-state index in [1.54, 1.807) is 22.0 Å². The normalized spacial score (nSPS) is 17.6. The summed E-state index contributed by atoms with van der Waals surface area (Å²) in [4.78, 5) is 9.35. The zero-order chi connectivity index (χ0) is 22.0. The second-order valence-corrected chi connectivity index (χ2v) is 9.80. The Kier molecular flexibility index (Phi) is 5.28. The van der Waals surface area contributed by atoms with Gasteiger partial charge in [0.1, 0.15) is 12.7 Å². The van der Waals surface area contributed by atoms with Gasteiger partial charge in [-0.25, -0.2) is 19.3 Å². The Hall–Kier alpha value is -2.59. The van der Waals surface area contributed by atoms with E-state index in [9.17, 15) is 0 Å². The molecule has 2 aromatic heterocycles. The minimum Gasteiger partial charge on any atom is -0.245 e. The second-order valence-electron chi connectivity index (χ2n) is 9.80. The van der Waals surface area contributed by atoms with Crippen molar-refractivity contribution in [2.45, 2.75) is 57.8 Å². The molecule has 8 bridgehead atoms. The first-order valence-corrected chi connectivity index (χ1v) is 10.5. The molecule has 0 aliphatic carbocycles. The summed E-state index contributed by atoms with van der Waals surface area (Å²) in [5.74, 6) is 1.49. The molecular weight excluding hydrogens is 579 g/mol. The van der Waals surface area contributed by atoms with Crippen LogP contribution in [0, 0.1) is 12.1 Å². The Morgan fingerprint density at radius 2 is 1.06 bits per heavy atom. The molecule has 1 aliphatic rings. The number of aromatic nitrogens is 6. The number of rotatable bonds is 0. The van der Waals surface area contributed by atoms with Crippen LogP contribution in [0.15, 0.2) is 49.1 Å². The Morgan fingerprint density at radius 1 is 0.656 bits per heavy atom. The van der Waals surface area contributed by atoms with E-state index in [4.69, 9.17) is 10.2 Å². The van der Waals surface area contributed by atoms with Crippen molar-refractivity contribution in [1.29, 1.82) is 0 Å². The first-order chi connectivity index (χ1) is 14.6. The van der Waals surface area contributed by atoms with E-state index in [2.05, 4.69) is 75.8 Å². The fourth-order valence-corrected chi connectivity index (χ4v) is 3.95. The van der Waals surface area contributed by atoms with Crippen LogP contribution in [0.5, 0.6) is 0 Å². The molecule has 2 aromatic carbocycles. The van der Waals surface area contributed by atoms with Crippen LogP contribution in [0.4, 0.5) is 0 Å². The molecule has 0 amide bonds. The largest absolute Gasteiger partial charge is 2.00 e. The molecule has 3 heterocycles. The first kappa shape index (κ1) is 22.6. The summed E-state index contributed by atoms with van der Waals surface area (Å²) in [5.41, 5.74) is 2.72. The van der Waals surface area contributed by atoms with Gasteiger partial charge in [-0.3, -0.25) is 0 Å². The Balaban J connectivity index is 0.00000245. The van der Waals surface area contributed by atoms with Crippen molar-refractivity contribution >= 4 is 0 Å². The van der Waals surface area contributed by atoms with Crippen LogP contribution in [-0.2, 0) is 37.3 Å². The first-order valence-electron chi connectivity index (χ1n) is 10.5. The molecule has 7 heteroatoms. The molecule has 0 saturated heterocycles. The Labute approximate surface area is 203 Å². The fraction of sp³-hybridized carbons (Fsp3) is 0.360. The van der Waals surface area contributed by atoms with Gasteiger partial charge >= 0.3 is 21.1 Å². The number of fused-ring (bicyclic) bond motifs is 10. The van der Waals surface area contributed by atoms with E-state index in [0.717, 1.165) is 34.2 Å². The Morgan fingerprint density at radius 3 is 1.47 bits per heavy atom. The van der Waals surface area contributed by atoms with E-state index < -0.39 is 10.8 Å². The topological polar surface area (TPSA) is 61.4 Å². The summed E-state index contributed by atoms with van der Waals surface area (Å²) < 4.78 is 3.61. The van der Waals surface area contributed by atoms with Crippen molar-refractivity contribution in [2.24, 2.45) is 0 Å². The van der Waals surface area contributed by atoms with Gasteiger partial charge in [-0.15, -0.1) is 12.1 Å². The molecule has 0 fully saturated rings. The minimum atomic E-state index is -0.410. The molecule has 4 aromatic rings. The predicted molar refractivity (Wildman–Crippen MR) is 119 cm³/mol. The predicted octanol–water partition coefficient (Wildman–Crippen LogP) is 4.34. The average Bonchev–Trinajstić information content (AvgIpc) is 3.44. The van der Waals surface area contributed by atoms with Crippen molar-refractivity contribution in [3.05, 3.63) is 84.0 Å². The summed E-state index contributed by atoms with van der Waals surface area (Å²) in [6, 6.07) is 19.4. The molecule has 0 unspecified atom stereocenters. The molecule has 1 aliphatic heterocycles. The van der Waals surface area contributed by atoms with Gasteiger partial charge in [-0.05, 0) is 16.8 Å². The molecule has 0 saturated carbocycles. The number of benzene rings is 2.